The summed E-state index contributed by atoms with van der Waals surface area (Å²) in [6.45, 7) is 8.52. The fourth-order valence-electron chi connectivity index (χ4n) is 3.68. The molecule has 168 valence electrons. The monoisotopic (exact) mass is 439 g/mol. The summed E-state index contributed by atoms with van der Waals surface area (Å²) in [6.07, 6.45) is 0. The third-order valence-electron chi connectivity index (χ3n) is 5.65. The van der Waals surface area contributed by atoms with E-state index in [2.05, 4.69) is 31.4 Å². The molecule has 5 nitrogen and oxygen atoms in total. The van der Waals surface area contributed by atoms with Crippen molar-refractivity contribution in [1.29, 1.82) is 0 Å². The minimum atomic E-state index is -0.127. The van der Waals surface area contributed by atoms with E-state index >= 15 is 0 Å². The number of ether oxygens (including phenoxy) is 1. The van der Waals surface area contributed by atoms with Gasteiger partial charge in [0, 0.05) is 22.3 Å². The molecule has 3 aromatic carbocycles. The molecule has 5 heteroatoms. The van der Waals surface area contributed by atoms with Crippen LogP contribution in [0.3, 0.4) is 0 Å². The minimum Gasteiger partial charge on any atom is -0.497 e. The second-order valence-corrected chi connectivity index (χ2v) is 9.19. The number of anilines is 3. The molecule has 0 aliphatic carbocycles. The Hall–Kier alpha value is -3.86. The Morgan fingerprint density at radius 3 is 2.18 bits per heavy atom. The highest BCUT2D eigenvalue weighted by Crippen LogP contribution is 2.27. The first-order valence-electron chi connectivity index (χ1n) is 11.0. The Morgan fingerprint density at radius 2 is 1.55 bits per heavy atom. The lowest BCUT2D eigenvalue weighted by molar-refractivity contribution is 0.102. The van der Waals surface area contributed by atoms with Gasteiger partial charge in [-0.25, -0.2) is 4.98 Å². The van der Waals surface area contributed by atoms with E-state index in [1.807, 2.05) is 79.7 Å². The van der Waals surface area contributed by atoms with Crippen LogP contribution in [0, 0.1) is 6.92 Å². The largest absolute Gasteiger partial charge is 0.497 e. The van der Waals surface area contributed by atoms with E-state index in [4.69, 9.17) is 9.72 Å². The van der Waals surface area contributed by atoms with E-state index < -0.39 is 0 Å². The summed E-state index contributed by atoms with van der Waals surface area (Å²) in [5.41, 5.74) is 5.50. The summed E-state index contributed by atoms with van der Waals surface area (Å²) in [5, 5.41) is 7.34. The first kappa shape index (κ1) is 22.3. The number of hydrogen-bond acceptors (Lipinski definition) is 4. The van der Waals surface area contributed by atoms with Gasteiger partial charge in [0.25, 0.3) is 5.91 Å². The first-order chi connectivity index (χ1) is 15.7. The first-order valence-corrected chi connectivity index (χ1v) is 11.0. The standard InChI is InChI=1S/C28H29N3O2/c1-18-16-26(29-21-10-13-23(33-5)14-11-21)31-25-15-12-22(17-24(18)25)30-27(32)19-6-8-20(9-7-19)28(2,3)4/h6-17H,1-5H3,(H,29,31)(H,30,32). The Bertz CT molecular complexity index is 1290. The van der Waals surface area contributed by atoms with Crippen molar-refractivity contribution in [3.63, 3.8) is 0 Å². The maximum atomic E-state index is 12.8. The lowest BCUT2D eigenvalue weighted by Gasteiger charge is -2.19. The van der Waals surface area contributed by atoms with Gasteiger partial charge in [-0.2, -0.15) is 0 Å². The molecule has 0 spiro atoms. The van der Waals surface area contributed by atoms with Crippen LogP contribution < -0.4 is 15.4 Å². The maximum Gasteiger partial charge on any atom is 0.255 e. The van der Waals surface area contributed by atoms with Gasteiger partial charge in [-0.3, -0.25) is 4.79 Å². The van der Waals surface area contributed by atoms with E-state index in [0.717, 1.165) is 39.4 Å². The van der Waals surface area contributed by atoms with Crippen molar-refractivity contribution < 1.29 is 9.53 Å². The van der Waals surface area contributed by atoms with Crippen molar-refractivity contribution in [2.24, 2.45) is 0 Å². The van der Waals surface area contributed by atoms with E-state index in [1.54, 1.807) is 7.11 Å². The van der Waals surface area contributed by atoms with E-state index in [9.17, 15) is 4.79 Å². The van der Waals surface area contributed by atoms with Crippen LogP contribution in [-0.2, 0) is 5.41 Å². The average Bonchev–Trinajstić information content (AvgIpc) is 2.79. The number of benzene rings is 3. The summed E-state index contributed by atoms with van der Waals surface area (Å²) < 4.78 is 5.21. The summed E-state index contributed by atoms with van der Waals surface area (Å²) >= 11 is 0. The molecule has 0 radical (unpaired) electrons. The van der Waals surface area contributed by atoms with Crippen LogP contribution >= 0.6 is 0 Å². The Kier molecular flexibility index (Phi) is 6.05. The molecular formula is C28H29N3O2. The minimum absolute atomic E-state index is 0.0545. The van der Waals surface area contributed by atoms with Crippen molar-refractivity contribution in [2.75, 3.05) is 17.7 Å². The molecule has 0 saturated carbocycles. The normalized spacial score (nSPS) is 11.3. The van der Waals surface area contributed by atoms with Crippen LogP contribution in [0.1, 0.15) is 42.3 Å². The smallest absolute Gasteiger partial charge is 0.255 e. The molecule has 0 aliphatic heterocycles. The van der Waals surface area contributed by atoms with Crippen LogP contribution in [-0.4, -0.2) is 18.0 Å². The summed E-state index contributed by atoms with van der Waals surface area (Å²) in [5.74, 6) is 1.45. The lowest BCUT2D eigenvalue weighted by atomic mass is 9.87. The number of fused-ring (bicyclic) bond motifs is 1. The van der Waals surface area contributed by atoms with Gasteiger partial charge in [0.1, 0.15) is 11.6 Å². The Balaban J connectivity index is 1.52. The number of nitrogens with zero attached hydrogens (tertiary/aromatic N) is 1. The zero-order valence-electron chi connectivity index (χ0n) is 19.7. The van der Waals surface area contributed by atoms with Crippen molar-refractivity contribution in [1.82, 2.24) is 4.98 Å². The molecule has 2 N–H and O–H groups in total. The van der Waals surface area contributed by atoms with Gasteiger partial charge >= 0.3 is 0 Å². The van der Waals surface area contributed by atoms with Crippen LogP contribution in [0.2, 0.25) is 0 Å². The predicted octanol–water partition coefficient (Wildman–Crippen LogP) is 6.85. The number of aryl methyl sites for hydroxylation is 1. The number of carbonyl (C=O) groups excluding carboxylic acids is 1. The highest BCUT2D eigenvalue weighted by atomic mass is 16.5. The molecule has 1 amide bonds. The second kappa shape index (κ2) is 8.94. The molecule has 4 aromatic rings. The SMILES string of the molecule is COc1ccc(Nc2cc(C)c3cc(NC(=O)c4ccc(C(C)(C)C)cc4)ccc3n2)cc1. The number of carbonyl (C=O) groups is 1. The molecule has 0 fully saturated rings. The fraction of sp³-hybridized carbons (Fsp3) is 0.214. The Morgan fingerprint density at radius 1 is 0.879 bits per heavy atom. The molecule has 0 bridgehead atoms. The van der Waals surface area contributed by atoms with Gasteiger partial charge in [-0.05, 0) is 84.1 Å². The number of aromatic nitrogens is 1. The third-order valence-corrected chi connectivity index (χ3v) is 5.65. The lowest BCUT2D eigenvalue weighted by Crippen LogP contribution is -2.14. The molecule has 1 aromatic heterocycles. The zero-order valence-corrected chi connectivity index (χ0v) is 19.7. The van der Waals surface area contributed by atoms with E-state index in [-0.39, 0.29) is 11.3 Å². The second-order valence-electron chi connectivity index (χ2n) is 9.19. The van der Waals surface area contributed by atoms with Gasteiger partial charge in [0.05, 0.1) is 12.6 Å². The highest BCUT2D eigenvalue weighted by molar-refractivity contribution is 6.05. The van der Waals surface area contributed by atoms with Crippen LogP contribution in [0.25, 0.3) is 10.9 Å². The number of hydrogen-bond donors (Lipinski definition) is 2. The van der Waals surface area contributed by atoms with E-state index in [0.29, 0.717) is 5.56 Å². The number of nitrogens with one attached hydrogen (secondary N) is 2. The number of amides is 1. The number of pyridine rings is 1. The molecular weight excluding hydrogens is 410 g/mol. The van der Waals surface area contributed by atoms with Crippen LogP contribution in [0.5, 0.6) is 5.75 Å². The molecule has 4 rings (SSSR count). The average molecular weight is 440 g/mol. The van der Waals surface area contributed by atoms with Gasteiger partial charge < -0.3 is 15.4 Å². The zero-order chi connectivity index (χ0) is 23.6. The summed E-state index contributed by atoms with van der Waals surface area (Å²) in [7, 11) is 1.65. The molecule has 33 heavy (non-hydrogen) atoms. The number of rotatable bonds is 5. The molecule has 0 saturated heterocycles. The number of methoxy groups -OCH3 is 1. The molecule has 0 aliphatic rings. The highest BCUT2D eigenvalue weighted by Gasteiger charge is 2.14. The molecule has 0 unspecified atom stereocenters. The molecule has 1 heterocycles. The van der Waals surface area contributed by atoms with Crippen LogP contribution in [0.4, 0.5) is 17.2 Å². The summed E-state index contributed by atoms with van der Waals surface area (Å²) in [4.78, 5) is 17.5. The fourth-order valence-corrected chi connectivity index (χ4v) is 3.68. The van der Waals surface area contributed by atoms with Gasteiger partial charge in [-0.15, -0.1) is 0 Å². The van der Waals surface area contributed by atoms with Gasteiger partial charge in [0.15, 0.2) is 0 Å². The van der Waals surface area contributed by atoms with Gasteiger partial charge in [-0.1, -0.05) is 32.9 Å². The van der Waals surface area contributed by atoms with Crippen molar-refractivity contribution in [2.45, 2.75) is 33.1 Å². The Labute approximate surface area is 194 Å². The van der Waals surface area contributed by atoms with E-state index in [1.165, 1.54) is 5.56 Å². The van der Waals surface area contributed by atoms with Gasteiger partial charge in [0.2, 0.25) is 0 Å². The molecule has 0 atom stereocenters. The van der Waals surface area contributed by atoms with Crippen LogP contribution in [0.15, 0.2) is 72.8 Å². The predicted molar refractivity (Wildman–Crippen MR) is 136 cm³/mol. The maximum absolute atomic E-state index is 12.8. The third kappa shape index (κ3) is 5.14. The topological polar surface area (TPSA) is 63.2 Å². The van der Waals surface area contributed by atoms with Crippen molar-refractivity contribution in [3.8, 4) is 5.75 Å². The summed E-state index contributed by atoms with van der Waals surface area (Å²) in [6, 6.07) is 23.3. The van der Waals surface area contributed by atoms with Crippen molar-refractivity contribution in [3.05, 3.63) is 89.5 Å². The van der Waals surface area contributed by atoms with Crippen molar-refractivity contribution >= 4 is 34.0 Å². The quantitative estimate of drug-likeness (QED) is 0.357.